The first-order valence-corrected chi connectivity index (χ1v) is 9.23. The molecule has 3 rings (SSSR count). The van der Waals surface area contributed by atoms with E-state index in [0.29, 0.717) is 6.04 Å². The van der Waals surface area contributed by atoms with Crippen LogP contribution in [0, 0.1) is 0 Å². The molecule has 2 aliphatic rings. The number of piperazine rings is 1. The van der Waals surface area contributed by atoms with E-state index in [-0.39, 0.29) is 17.8 Å². The highest BCUT2D eigenvalue weighted by atomic mass is 16.3. The third-order valence-corrected chi connectivity index (χ3v) is 5.92. The van der Waals surface area contributed by atoms with Crippen LogP contribution in [0.1, 0.15) is 51.6 Å². The lowest BCUT2D eigenvalue weighted by Crippen LogP contribution is -2.50. The lowest BCUT2D eigenvalue weighted by Gasteiger charge is -2.41. The Morgan fingerprint density at radius 1 is 1.08 bits per heavy atom. The third-order valence-electron chi connectivity index (χ3n) is 5.92. The molecule has 7 nitrogen and oxygen atoms in total. The zero-order chi connectivity index (χ0) is 17.3. The van der Waals surface area contributed by atoms with E-state index in [1.54, 1.807) is 17.8 Å². The van der Waals surface area contributed by atoms with Crippen LogP contribution in [0.15, 0.2) is 11.1 Å². The Hall–Kier alpha value is -1.18. The lowest BCUT2D eigenvalue weighted by atomic mass is 9.89. The maximum Gasteiger partial charge on any atom is 0.346 e. The number of likely N-dealkylation sites (N-methyl/N-ethyl adjacent to an activating group) is 1. The van der Waals surface area contributed by atoms with Gasteiger partial charge in [0.25, 0.3) is 0 Å². The highest BCUT2D eigenvalue weighted by molar-refractivity contribution is 4.87. The van der Waals surface area contributed by atoms with Gasteiger partial charge >= 0.3 is 5.69 Å². The Kier molecular flexibility index (Phi) is 5.42. The standard InChI is InChI=1S/C17H31N5O2/c1-13(14(2)23)22-17(24)21(12-18-22)16-6-4-15(5-7-16)20-10-8-19(3)9-11-20/h12-16,23H,4-11H2,1-3H3/t13-,14-,15?,16?/m1/s1. The van der Waals surface area contributed by atoms with E-state index in [4.69, 9.17) is 0 Å². The van der Waals surface area contributed by atoms with Gasteiger partial charge in [-0.25, -0.2) is 9.48 Å². The Morgan fingerprint density at radius 2 is 1.67 bits per heavy atom. The van der Waals surface area contributed by atoms with Crippen molar-refractivity contribution in [1.29, 1.82) is 0 Å². The zero-order valence-corrected chi connectivity index (χ0v) is 15.1. The van der Waals surface area contributed by atoms with Gasteiger partial charge in [0.1, 0.15) is 6.33 Å². The van der Waals surface area contributed by atoms with Crippen molar-refractivity contribution in [2.75, 3.05) is 33.2 Å². The first kappa shape index (κ1) is 17.6. The summed E-state index contributed by atoms with van der Waals surface area (Å²) in [6, 6.07) is 0.619. The second kappa shape index (κ2) is 7.37. The molecule has 2 atom stereocenters. The van der Waals surface area contributed by atoms with E-state index >= 15 is 0 Å². The van der Waals surface area contributed by atoms with Crippen LogP contribution in [0.3, 0.4) is 0 Å². The third kappa shape index (κ3) is 3.58. The van der Waals surface area contributed by atoms with E-state index in [0.717, 1.165) is 51.9 Å². The summed E-state index contributed by atoms with van der Waals surface area (Å²) in [5, 5.41) is 13.9. The van der Waals surface area contributed by atoms with Crippen LogP contribution in [0.2, 0.25) is 0 Å². The van der Waals surface area contributed by atoms with Gasteiger partial charge in [-0.2, -0.15) is 5.10 Å². The molecular formula is C17H31N5O2. The summed E-state index contributed by atoms with van der Waals surface area (Å²) in [4.78, 5) is 17.6. The number of hydrogen-bond donors (Lipinski definition) is 1. The minimum absolute atomic E-state index is 0.0913. The molecule has 2 heterocycles. The molecule has 0 unspecified atom stereocenters. The van der Waals surface area contributed by atoms with Crippen LogP contribution in [0.4, 0.5) is 0 Å². The molecular weight excluding hydrogens is 306 g/mol. The van der Waals surface area contributed by atoms with Gasteiger partial charge in [-0.05, 0) is 46.6 Å². The average Bonchev–Trinajstić information content (AvgIpc) is 2.96. The van der Waals surface area contributed by atoms with Crippen LogP contribution >= 0.6 is 0 Å². The molecule has 0 bridgehead atoms. The van der Waals surface area contributed by atoms with Crippen molar-refractivity contribution in [2.45, 2.75) is 63.8 Å². The largest absolute Gasteiger partial charge is 0.391 e. The molecule has 24 heavy (non-hydrogen) atoms. The van der Waals surface area contributed by atoms with Gasteiger partial charge < -0.3 is 10.0 Å². The number of aliphatic hydroxyl groups excluding tert-OH is 1. The van der Waals surface area contributed by atoms with E-state index in [2.05, 4.69) is 21.9 Å². The van der Waals surface area contributed by atoms with Gasteiger partial charge in [-0.15, -0.1) is 0 Å². The van der Waals surface area contributed by atoms with E-state index in [1.807, 2.05) is 6.92 Å². The molecule has 1 saturated carbocycles. The second-order valence-electron chi connectivity index (χ2n) is 7.55. The first-order chi connectivity index (χ1) is 11.5. The fourth-order valence-corrected chi connectivity index (χ4v) is 3.95. The number of hydrogen-bond acceptors (Lipinski definition) is 5. The lowest BCUT2D eigenvalue weighted by molar-refractivity contribution is 0.0817. The molecule has 7 heteroatoms. The SMILES string of the molecule is C[C@H]([C@@H](C)O)n1ncn(C2CCC(N3CCN(C)CC3)CC2)c1=O. The maximum absolute atomic E-state index is 12.6. The molecule has 1 N–H and O–H groups in total. The summed E-state index contributed by atoms with van der Waals surface area (Å²) < 4.78 is 3.19. The summed E-state index contributed by atoms with van der Waals surface area (Å²) in [7, 11) is 2.19. The van der Waals surface area contributed by atoms with Crippen LogP contribution in [0.5, 0.6) is 0 Å². The molecule has 0 amide bonds. The molecule has 1 aliphatic carbocycles. The van der Waals surface area contributed by atoms with Gasteiger partial charge in [0.05, 0.1) is 12.1 Å². The fraction of sp³-hybridized carbons (Fsp3) is 0.882. The van der Waals surface area contributed by atoms with Crippen molar-refractivity contribution in [3.05, 3.63) is 16.8 Å². The molecule has 0 aromatic carbocycles. The zero-order valence-electron chi connectivity index (χ0n) is 15.1. The summed E-state index contributed by atoms with van der Waals surface area (Å²) in [6.07, 6.45) is 5.44. The van der Waals surface area contributed by atoms with Crippen LogP contribution < -0.4 is 5.69 Å². The number of aliphatic hydroxyl groups is 1. The van der Waals surface area contributed by atoms with Crippen molar-refractivity contribution in [1.82, 2.24) is 24.1 Å². The highest BCUT2D eigenvalue weighted by Gasteiger charge is 2.29. The normalized spacial score (nSPS) is 29.5. The van der Waals surface area contributed by atoms with Crippen molar-refractivity contribution in [2.24, 2.45) is 0 Å². The summed E-state index contributed by atoms with van der Waals surface area (Å²) >= 11 is 0. The van der Waals surface area contributed by atoms with E-state index in [9.17, 15) is 9.90 Å². The van der Waals surface area contributed by atoms with Crippen LogP contribution in [0.25, 0.3) is 0 Å². The van der Waals surface area contributed by atoms with Crippen molar-refractivity contribution < 1.29 is 5.11 Å². The van der Waals surface area contributed by atoms with Crippen molar-refractivity contribution in [3.8, 4) is 0 Å². The molecule has 1 saturated heterocycles. The smallest absolute Gasteiger partial charge is 0.346 e. The van der Waals surface area contributed by atoms with Gasteiger partial charge in [0.15, 0.2) is 0 Å². The minimum atomic E-state index is -0.584. The van der Waals surface area contributed by atoms with Gasteiger partial charge in [-0.1, -0.05) is 0 Å². The number of rotatable bonds is 4. The summed E-state index contributed by atoms with van der Waals surface area (Å²) in [5.41, 5.74) is -0.0913. The van der Waals surface area contributed by atoms with Crippen molar-refractivity contribution >= 4 is 0 Å². The second-order valence-corrected chi connectivity index (χ2v) is 7.55. The molecule has 2 fully saturated rings. The van der Waals surface area contributed by atoms with Gasteiger partial charge in [0.2, 0.25) is 0 Å². The summed E-state index contributed by atoms with van der Waals surface area (Å²) in [6.45, 7) is 8.16. The predicted octanol–water partition coefficient (Wildman–Crippen LogP) is 0.718. The molecule has 1 aromatic rings. The molecule has 1 aliphatic heterocycles. The quantitative estimate of drug-likeness (QED) is 0.877. The van der Waals surface area contributed by atoms with E-state index in [1.165, 1.54) is 4.68 Å². The summed E-state index contributed by atoms with van der Waals surface area (Å²) in [5.74, 6) is 0. The van der Waals surface area contributed by atoms with Crippen LogP contribution in [-0.2, 0) is 0 Å². The van der Waals surface area contributed by atoms with Crippen molar-refractivity contribution in [3.63, 3.8) is 0 Å². The Bertz CT molecular complexity index is 580. The topological polar surface area (TPSA) is 66.5 Å². The molecule has 1 aromatic heterocycles. The average molecular weight is 337 g/mol. The number of nitrogens with zero attached hydrogens (tertiary/aromatic N) is 5. The predicted molar refractivity (Wildman–Crippen MR) is 93.2 cm³/mol. The Balaban J connectivity index is 1.60. The molecule has 136 valence electrons. The monoisotopic (exact) mass is 337 g/mol. The van der Waals surface area contributed by atoms with Crippen LogP contribution in [-0.4, -0.2) is 74.6 Å². The molecule has 0 spiro atoms. The number of aromatic nitrogens is 3. The van der Waals surface area contributed by atoms with E-state index < -0.39 is 6.10 Å². The fourth-order valence-electron chi connectivity index (χ4n) is 3.95. The molecule has 0 radical (unpaired) electrons. The van der Waals surface area contributed by atoms with Gasteiger partial charge in [-0.3, -0.25) is 9.47 Å². The van der Waals surface area contributed by atoms with Gasteiger partial charge in [0, 0.05) is 38.3 Å². The Labute approximate surface area is 143 Å². The first-order valence-electron chi connectivity index (χ1n) is 9.23. The highest BCUT2D eigenvalue weighted by Crippen LogP contribution is 2.30. The maximum atomic E-state index is 12.6. The minimum Gasteiger partial charge on any atom is -0.391 e. The Morgan fingerprint density at radius 3 is 2.25 bits per heavy atom.